The Bertz CT molecular complexity index is 900. The van der Waals surface area contributed by atoms with Gasteiger partial charge in [0.2, 0.25) is 0 Å². The largest absolute Gasteiger partial charge is 0.454 e. The molecule has 0 saturated carbocycles. The van der Waals surface area contributed by atoms with E-state index in [1.54, 1.807) is 18.2 Å². The molecular formula is C18H17ClN4O3S. The van der Waals surface area contributed by atoms with Crippen LogP contribution in [0.1, 0.15) is 12.2 Å². The molecule has 0 amide bonds. The summed E-state index contributed by atoms with van der Waals surface area (Å²) in [4.78, 5) is 15.3. The van der Waals surface area contributed by atoms with E-state index in [1.807, 2.05) is 0 Å². The maximum atomic E-state index is 10.8. The summed E-state index contributed by atoms with van der Waals surface area (Å²) >= 11 is 11.7. The number of thiocarbonyl (C=S) groups is 1. The van der Waals surface area contributed by atoms with Crippen LogP contribution < -0.4 is 0 Å². The third kappa shape index (κ3) is 4.45. The predicted molar refractivity (Wildman–Crippen MR) is 106 cm³/mol. The Balaban J connectivity index is 1.68. The van der Waals surface area contributed by atoms with Crippen LogP contribution >= 0.6 is 23.8 Å². The molecule has 1 aliphatic heterocycles. The first-order valence-corrected chi connectivity index (χ1v) is 9.21. The fourth-order valence-electron chi connectivity index (χ4n) is 2.95. The van der Waals surface area contributed by atoms with Crippen molar-refractivity contribution in [1.29, 1.82) is 5.26 Å². The monoisotopic (exact) mass is 404 g/mol. The van der Waals surface area contributed by atoms with Crippen LogP contribution in [-0.4, -0.2) is 52.4 Å². The lowest BCUT2D eigenvalue weighted by molar-refractivity contribution is -0.384. The lowest BCUT2D eigenvalue weighted by atomic mass is 10.1. The van der Waals surface area contributed by atoms with Crippen molar-refractivity contribution < 1.29 is 9.34 Å². The number of hydrogen-bond acceptors (Lipinski definition) is 6. The van der Waals surface area contributed by atoms with Gasteiger partial charge in [-0.05, 0) is 18.2 Å². The predicted octanol–water partition coefficient (Wildman–Crippen LogP) is 3.71. The van der Waals surface area contributed by atoms with Gasteiger partial charge in [-0.15, -0.1) is 0 Å². The molecule has 1 fully saturated rings. The van der Waals surface area contributed by atoms with Gasteiger partial charge in [0.25, 0.3) is 5.69 Å². The second-order valence-electron chi connectivity index (χ2n) is 6.13. The summed E-state index contributed by atoms with van der Waals surface area (Å²) in [5, 5.41) is 19.8. The lowest BCUT2D eigenvalue weighted by Crippen LogP contribution is -2.48. The fraction of sp³-hybridized carbons (Fsp3) is 0.333. The van der Waals surface area contributed by atoms with E-state index < -0.39 is 4.92 Å². The van der Waals surface area contributed by atoms with Crippen LogP contribution in [0, 0.1) is 21.4 Å². The topological polar surface area (TPSA) is 86.5 Å². The average Bonchev–Trinajstić information content (AvgIpc) is 3.16. The molecule has 1 aliphatic rings. The molecule has 7 nitrogen and oxygen atoms in total. The number of nitro benzene ring substituents is 1. The summed E-state index contributed by atoms with van der Waals surface area (Å²) in [6, 6.07) is 9.98. The Morgan fingerprint density at radius 3 is 2.67 bits per heavy atom. The number of non-ortho nitro benzene ring substituents is 1. The zero-order valence-electron chi connectivity index (χ0n) is 14.4. The maximum Gasteiger partial charge on any atom is 0.270 e. The number of halogens is 1. The van der Waals surface area contributed by atoms with E-state index in [0.29, 0.717) is 28.5 Å². The van der Waals surface area contributed by atoms with Gasteiger partial charge < -0.3 is 9.32 Å². The van der Waals surface area contributed by atoms with Crippen molar-refractivity contribution in [2.75, 3.05) is 32.7 Å². The number of hydrogen-bond donors (Lipinski definition) is 0. The second-order valence-corrected chi connectivity index (χ2v) is 6.92. The van der Waals surface area contributed by atoms with E-state index in [2.05, 4.69) is 15.9 Å². The van der Waals surface area contributed by atoms with E-state index in [1.165, 1.54) is 12.1 Å². The molecule has 1 aromatic heterocycles. The number of nitriles is 1. The zero-order valence-corrected chi connectivity index (χ0v) is 16.0. The highest BCUT2D eigenvalue weighted by atomic mass is 35.5. The van der Waals surface area contributed by atoms with E-state index in [9.17, 15) is 10.1 Å². The van der Waals surface area contributed by atoms with Crippen molar-refractivity contribution in [2.24, 2.45) is 0 Å². The van der Waals surface area contributed by atoms with E-state index >= 15 is 0 Å². The molecule has 9 heteroatoms. The Morgan fingerprint density at radius 2 is 2.04 bits per heavy atom. The summed E-state index contributed by atoms with van der Waals surface area (Å²) in [5.74, 6) is 1.08. The van der Waals surface area contributed by atoms with Gasteiger partial charge in [0, 0.05) is 56.8 Å². The summed E-state index contributed by atoms with van der Waals surface area (Å²) in [5.41, 5.74) is 0.512. The third-order valence-electron chi connectivity index (χ3n) is 4.45. The van der Waals surface area contributed by atoms with Crippen LogP contribution in [0.25, 0.3) is 11.3 Å². The third-order valence-corrected chi connectivity index (χ3v) is 5.22. The summed E-state index contributed by atoms with van der Waals surface area (Å²) in [6.45, 7) is 4.03. The van der Waals surface area contributed by atoms with Crippen LogP contribution in [0.15, 0.2) is 34.7 Å². The molecule has 0 unspecified atom stereocenters. The molecule has 140 valence electrons. The quantitative estimate of drug-likeness (QED) is 0.426. The molecule has 27 heavy (non-hydrogen) atoms. The van der Waals surface area contributed by atoms with Gasteiger partial charge in [0.05, 0.1) is 16.0 Å². The lowest BCUT2D eigenvalue weighted by Gasteiger charge is -2.35. The summed E-state index contributed by atoms with van der Waals surface area (Å²) in [6.07, 6.45) is 0.530. The molecule has 0 bridgehead atoms. The SMILES string of the molecule is N#CCCN1CCN(C(=S)c2ccc(-c3ccc([N+](=O)[O-])cc3Cl)o2)CC1. The normalized spacial score (nSPS) is 14.7. The van der Waals surface area contributed by atoms with Crippen LogP contribution in [0.2, 0.25) is 5.02 Å². The van der Waals surface area contributed by atoms with Crippen molar-refractivity contribution in [2.45, 2.75) is 6.42 Å². The van der Waals surface area contributed by atoms with Crippen LogP contribution in [0.4, 0.5) is 5.69 Å². The fourth-order valence-corrected chi connectivity index (χ4v) is 3.51. The Hall–Kier alpha value is -2.47. The van der Waals surface area contributed by atoms with Crippen LogP contribution in [0.5, 0.6) is 0 Å². The number of nitrogens with zero attached hydrogens (tertiary/aromatic N) is 4. The van der Waals surface area contributed by atoms with Gasteiger partial charge in [-0.2, -0.15) is 5.26 Å². The highest BCUT2D eigenvalue weighted by Crippen LogP contribution is 2.32. The average molecular weight is 405 g/mol. The first-order valence-electron chi connectivity index (χ1n) is 8.42. The smallest absolute Gasteiger partial charge is 0.270 e. The molecule has 0 N–H and O–H groups in total. The molecule has 1 saturated heterocycles. The first-order chi connectivity index (χ1) is 13.0. The number of benzene rings is 1. The second kappa shape index (κ2) is 8.48. The maximum absolute atomic E-state index is 10.8. The molecule has 1 aromatic carbocycles. The van der Waals surface area contributed by atoms with Gasteiger partial charge >= 0.3 is 0 Å². The van der Waals surface area contributed by atoms with E-state index in [4.69, 9.17) is 33.5 Å². The molecule has 2 aromatic rings. The van der Waals surface area contributed by atoms with Crippen LogP contribution in [-0.2, 0) is 0 Å². The Labute approximate surface area is 166 Å². The Kier molecular flexibility index (Phi) is 6.06. The number of piperazine rings is 1. The number of nitro groups is 1. The van der Waals surface area contributed by atoms with Gasteiger partial charge in [-0.1, -0.05) is 23.8 Å². The molecule has 2 heterocycles. The molecule has 0 radical (unpaired) electrons. The minimum absolute atomic E-state index is 0.0691. The van der Waals surface area contributed by atoms with Crippen molar-refractivity contribution in [3.05, 3.63) is 51.2 Å². The molecule has 0 spiro atoms. The van der Waals surface area contributed by atoms with Gasteiger partial charge in [0.1, 0.15) is 10.7 Å². The van der Waals surface area contributed by atoms with E-state index in [-0.39, 0.29) is 10.7 Å². The molecular weight excluding hydrogens is 388 g/mol. The minimum Gasteiger partial charge on any atom is -0.454 e. The summed E-state index contributed by atoms with van der Waals surface area (Å²) in [7, 11) is 0. The molecule has 0 aliphatic carbocycles. The highest BCUT2D eigenvalue weighted by molar-refractivity contribution is 7.80. The van der Waals surface area contributed by atoms with Crippen molar-refractivity contribution in [1.82, 2.24) is 9.80 Å². The number of furan rings is 1. The molecule has 3 rings (SSSR count). The first kappa shape index (κ1) is 19.3. The van der Waals surface area contributed by atoms with Crippen LogP contribution in [0.3, 0.4) is 0 Å². The van der Waals surface area contributed by atoms with Crippen molar-refractivity contribution in [3.63, 3.8) is 0 Å². The summed E-state index contributed by atoms with van der Waals surface area (Å²) < 4.78 is 5.86. The zero-order chi connectivity index (χ0) is 19.4. The van der Waals surface area contributed by atoms with Crippen molar-refractivity contribution in [3.8, 4) is 17.4 Å². The van der Waals surface area contributed by atoms with E-state index in [0.717, 1.165) is 32.7 Å². The van der Waals surface area contributed by atoms with Gasteiger partial charge in [0.15, 0.2) is 5.76 Å². The number of rotatable bonds is 5. The molecule has 0 atom stereocenters. The Morgan fingerprint density at radius 1 is 1.30 bits per heavy atom. The standard InChI is InChI=1S/C18H17ClN4O3S/c19-15-12-13(23(24)25)2-3-14(15)16-4-5-17(26-16)18(27)22-10-8-21(9-11-22)7-1-6-20/h2-5,12H,1,7-11H2. The highest BCUT2D eigenvalue weighted by Gasteiger charge is 2.22. The van der Waals surface area contributed by atoms with Gasteiger partial charge in [-0.3, -0.25) is 15.0 Å². The van der Waals surface area contributed by atoms with Gasteiger partial charge in [-0.25, -0.2) is 0 Å². The minimum atomic E-state index is -0.491. The van der Waals surface area contributed by atoms with Crippen molar-refractivity contribution >= 4 is 34.5 Å².